The van der Waals surface area contributed by atoms with Gasteiger partial charge in [0.15, 0.2) is 34.9 Å². The van der Waals surface area contributed by atoms with Crippen molar-refractivity contribution in [2.75, 3.05) is 90.1 Å². The van der Waals surface area contributed by atoms with Crippen molar-refractivity contribution in [1.29, 1.82) is 5.26 Å². The lowest BCUT2D eigenvalue weighted by atomic mass is 10.1. The lowest BCUT2D eigenvalue weighted by molar-refractivity contribution is -0.117. The second kappa shape index (κ2) is 43.4. The lowest BCUT2D eigenvalue weighted by Gasteiger charge is -2.28. The number of para-hydroxylation sites is 5. The number of piperazine rings is 1. The number of hydrogen-bond acceptors (Lipinski definition) is 22. The third-order valence-electron chi connectivity index (χ3n) is 27.6. The lowest BCUT2D eigenvalue weighted by Crippen LogP contribution is -2.46. The van der Waals surface area contributed by atoms with Crippen molar-refractivity contribution in [1.82, 2.24) is 69.9 Å². The molecule has 0 radical (unpaired) electrons. The molecule has 1 N–H and O–H groups in total. The number of ether oxygens (including phenoxy) is 1. The average molecular weight is 1980 g/mol. The van der Waals surface area contributed by atoms with Crippen molar-refractivity contribution in [3.05, 3.63) is 355 Å². The summed E-state index contributed by atoms with van der Waals surface area (Å²) >= 11 is 0. The Morgan fingerprint density at radius 1 is 0.282 bits per heavy atom. The zero-order chi connectivity index (χ0) is 104. The number of anilines is 10. The van der Waals surface area contributed by atoms with Crippen molar-refractivity contribution >= 4 is 111 Å². The number of benzene rings is 10. The van der Waals surface area contributed by atoms with Gasteiger partial charge < -0.3 is 24.8 Å². The molecule has 8 amide bonds. The Morgan fingerprint density at radius 2 is 0.517 bits per heavy atom. The summed E-state index contributed by atoms with van der Waals surface area (Å²) in [5, 5.41) is 12.8. The Labute approximate surface area is 863 Å². The molecular formula is C119H110N20O10. The first kappa shape index (κ1) is 100. The largest absolute Gasteiger partial charge is 0.378 e. The van der Waals surface area contributed by atoms with Gasteiger partial charge >= 0.3 is 0 Å². The number of carbonyl (C=O) groups excluding carboxylic acids is 9. The van der Waals surface area contributed by atoms with Crippen LogP contribution in [-0.4, -0.2) is 183 Å². The summed E-state index contributed by atoms with van der Waals surface area (Å²) in [5.74, 6) is 3.72. The number of morpholine rings is 1. The van der Waals surface area contributed by atoms with Gasteiger partial charge in [0.2, 0.25) is 29.5 Å². The van der Waals surface area contributed by atoms with E-state index in [1.807, 2.05) is 317 Å². The number of nitrogens with zero attached hydrogens (tertiary/aromatic N) is 19. The number of hydrogen-bond donors (Lipinski definition) is 1. The third kappa shape index (κ3) is 20.8. The van der Waals surface area contributed by atoms with E-state index < -0.39 is 0 Å². The van der Waals surface area contributed by atoms with E-state index in [9.17, 15) is 48.4 Å². The highest BCUT2D eigenvalue weighted by Crippen LogP contribution is 2.46. The number of fused-ring (bicyclic) bond motifs is 5. The van der Waals surface area contributed by atoms with Gasteiger partial charge in [0, 0.05) is 115 Å². The topological polar surface area (TPSA) is 354 Å². The van der Waals surface area contributed by atoms with Crippen LogP contribution in [0.15, 0.2) is 243 Å². The molecule has 30 nitrogen and oxygen atoms in total. The Hall–Kier alpha value is -17.6. The monoisotopic (exact) mass is 1980 g/mol. The molecule has 0 saturated carbocycles. The molecule has 3 saturated heterocycles. The minimum atomic E-state index is -0.181. The Bertz CT molecular complexity index is 7420. The maximum Gasteiger partial charge on any atom is 0.273 e. The SMILES string of the molecule is CC(=O)c1nc(-c2ccc(C)cc2)nc2c1CC(=O)N2c1ccccc1C.Cc1ccc(-c2nc(C#N)c3c(n2)N(c2ccccc2C)C(=O)C3)cc1.Cc1ccc(-c2nc(C(=O)N3CCCCC3)c3c(n2)N(c2ccccc2C)C(=O)C3)cc1.Cc1ccc(-c2nc(C(=O)N3CCNCC3)c3c(n2)N(c2ccccc2C)C(=O)C3)cc1.Cc1ccc(-c2nc(C(=O)N3CCOCC3)c3c(n2)N(c2ccccc2C)C(=O)C3)cc1. The van der Waals surface area contributed by atoms with Crippen LogP contribution in [0.5, 0.6) is 0 Å². The summed E-state index contributed by atoms with van der Waals surface area (Å²) in [6.07, 6.45) is 3.75. The standard InChI is InChI=1S/C26H26N4O2.C25H25N5O2.C25H24N4O3.C22H19N3O2.C21H16N4O/c1-17-10-12-19(13-11-17)24-27-23(26(32)29-14-6-3-7-15-29)20-16-22(31)30(25(20)28-24)21-9-5-4-8-18(21)2;1-16-7-9-18(10-8-16)23-27-22(25(32)29-13-11-26-12-14-29)19-15-21(31)30(24(19)28-23)20-6-4-3-5-17(20)2;1-16-7-9-18(10-8-16)23-26-22(25(31)28-11-13-32-14-12-28)19-15-21(30)29(24(19)27-23)20-6-4-3-5-17(20)2;1-13-8-10-16(11-9-13)21-23-20(15(3)26)17-12-19(27)25(22(17)24-21)18-7-5-4-6-14(18)2;1-13-7-9-15(10-8-13)20-23-17(12-22)16-11-19(26)25(21(16)24-20)18-6-4-3-5-14(18)2/h4-5,8-13H,3,6-7,14-16H2,1-2H3;3-10,26H,11-15H2,1-2H3;3-10H,11-15H2,1-2H3;4-11H,12H2,1-3H3;3-10H,11H2,1-2H3. The van der Waals surface area contributed by atoms with Crippen molar-refractivity contribution in [3.63, 3.8) is 0 Å². The van der Waals surface area contributed by atoms with E-state index in [0.717, 1.165) is 157 Å². The second-order valence-corrected chi connectivity index (χ2v) is 38.2. The quantitative estimate of drug-likeness (QED) is 0.0988. The Balaban J connectivity index is 0.000000117. The van der Waals surface area contributed by atoms with Crippen LogP contribution >= 0.6 is 0 Å². The highest BCUT2D eigenvalue weighted by molar-refractivity contribution is 6.15. The summed E-state index contributed by atoms with van der Waals surface area (Å²) in [7, 11) is 0. The number of aromatic nitrogens is 10. The van der Waals surface area contributed by atoms with Crippen LogP contribution in [0, 0.1) is 80.6 Å². The summed E-state index contributed by atoms with van der Waals surface area (Å²) < 4.78 is 5.40. The average Bonchev–Trinajstić information content (AvgIpc) is 1.61. The summed E-state index contributed by atoms with van der Waals surface area (Å²) in [5.41, 5.74) is 23.1. The summed E-state index contributed by atoms with van der Waals surface area (Å²) in [6, 6.07) is 79.9. The molecule has 8 aliphatic heterocycles. The number of aryl methyl sites for hydroxylation is 10. The number of rotatable bonds is 14. The second-order valence-electron chi connectivity index (χ2n) is 38.2. The van der Waals surface area contributed by atoms with E-state index in [1.54, 1.807) is 34.3 Å². The molecule has 746 valence electrons. The van der Waals surface area contributed by atoms with Crippen molar-refractivity contribution in [2.24, 2.45) is 0 Å². The Kier molecular flexibility index (Phi) is 29.2. The first-order valence-corrected chi connectivity index (χ1v) is 50.0. The molecular weight excluding hydrogens is 1870 g/mol. The van der Waals surface area contributed by atoms with Gasteiger partial charge in [-0.3, -0.25) is 67.7 Å². The zero-order valence-corrected chi connectivity index (χ0v) is 84.9. The first-order chi connectivity index (χ1) is 72.1. The van der Waals surface area contributed by atoms with E-state index in [2.05, 4.69) is 36.3 Å². The molecule has 5 aromatic heterocycles. The van der Waals surface area contributed by atoms with Gasteiger partial charge in [-0.2, -0.15) is 5.26 Å². The molecule has 30 heteroatoms. The van der Waals surface area contributed by atoms with Gasteiger partial charge in [0.1, 0.15) is 63.6 Å². The molecule has 13 heterocycles. The molecule has 0 bridgehead atoms. The first-order valence-electron chi connectivity index (χ1n) is 50.0. The van der Waals surface area contributed by atoms with Crippen LogP contribution in [0.2, 0.25) is 0 Å². The fraction of sp³-hybridized carbons (Fsp3) is 0.244. The number of nitriles is 1. The highest BCUT2D eigenvalue weighted by Gasteiger charge is 2.44. The number of likely N-dealkylation sites (tertiary alicyclic amines) is 1. The molecule has 3 fully saturated rings. The highest BCUT2D eigenvalue weighted by atomic mass is 16.5. The number of amides is 8. The molecule has 23 rings (SSSR count). The maximum atomic E-state index is 13.5. The molecule has 0 spiro atoms. The predicted octanol–water partition coefficient (Wildman–Crippen LogP) is 19.1. The van der Waals surface area contributed by atoms with Crippen LogP contribution in [-0.2, 0) is 60.8 Å². The van der Waals surface area contributed by atoms with E-state index in [-0.39, 0.29) is 90.8 Å². The van der Waals surface area contributed by atoms with Gasteiger partial charge in [-0.15, -0.1) is 0 Å². The van der Waals surface area contributed by atoms with Crippen molar-refractivity contribution < 1.29 is 47.9 Å². The van der Waals surface area contributed by atoms with Gasteiger partial charge in [-0.05, 0) is 147 Å². The van der Waals surface area contributed by atoms with Crippen LogP contribution in [0.3, 0.4) is 0 Å². The molecule has 10 aromatic carbocycles. The fourth-order valence-electron chi connectivity index (χ4n) is 19.4. The number of piperidine rings is 1. The molecule has 0 aliphatic carbocycles. The third-order valence-corrected chi connectivity index (χ3v) is 27.6. The number of Topliss-reactive ketones (excluding diaryl/α,β-unsaturated/α-hetero) is 1. The Morgan fingerprint density at radius 3 is 0.785 bits per heavy atom. The summed E-state index contributed by atoms with van der Waals surface area (Å²) in [4.78, 5) is 178. The number of nitrogens with one attached hydrogen (secondary N) is 1. The van der Waals surface area contributed by atoms with Crippen LogP contribution in [0.1, 0.15) is 157 Å². The van der Waals surface area contributed by atoms with Crippen LogP contribution < -0.4 is 29.8 Å². The van der Waals surface area contributed by atoms with Gasteiger partial charge in [0.25, 0.3) is 17.7 Å². The van der Waals surface area contributed by atoms with Gasteiger partial charge in [0.05, 0.1) is 73.8 Å². The van der Waals surface area contributed by atoms with Gasteiger partial charge in [-0.25, -0.2) is 49.8 Å². The molecule has 0 atom stereocenters. The molecule has 8 aliphatic rings. The minimum absolute atomic E-state index is 0.0858. The van der Waals surface area contributed by atoms with Gasteiger partial charge in [-0.1, -0.05) is 240 Å². The molecule has 149 heavy (non-hydrogen) atoms. The van der Waals surface area contributed by atoms with Crippen LogP contribution in [0.25, 0.3) is 56.9 Å². The fourth-order valence-corrected chi connectivity index (χ4v) is 19.4. The summed E-state index contributed by atoms with van der Waals surface area (Å²) in [6.45, 7) is 27.6. The van der Waals surface area contributed by atoms with E-state index in [0.29, 0.717) is 148 Å². The number of carbonyl (C=O) groups is 9. The zero-order valence-electron chi connectivity index (χ0n) is 84.9. The smallest absolute Gasteiger partial charge is 0.273 e. The number of ketones is 1. The van der Waals surface area contributed by atoms with E-state index in [1.165, 1.54) is 6.92 Å². The molecule has 0 unspecified atom stereocenters. The van der Waals surface area contributed by atoms with Crippen molar-refractivity contribution in [2.45, 2.75) is 128 Å². The normalized spacial score (nSPS) is 14.7. The minimum Gasteiger partial charge on any atom is -0.378 e. The van der Waals surface area contributed by atoms with Crippen molar-refractivity contribution in [3.8, 4) is 63.0 Å². The van der Waals surface area contributed by atoms with E-state index in [4.69, 9.17) is 29.7 Å². The van der Waals surface area contributed by atoms with E-state index >= 15 is 0 Å². The predicted molar refractivity (Wildman–Crippen MR) is 571 cm³/mol. The molecule has 15 aromatic rings. The van der Waals surface area contributed by atoms with Crippen LogP contribution in [0.4, 0.5) is 57.5 Å². The maximum absolute atomic E-state index is 13.5.